The standard InChI is InChI=1S/C28H33NO3/c1-3-5-8-22-9-6-10-23(15-22)18-29(19-24-11-7-12-26(16-24)30-4-2)20-25-13-14-27-28(17-25)32-21-31-27/h6-7,9-17H,3-5,8,18-21H2,1-2H3. The third kappa shape index (κ3) is 6.04. The van der Waals surface area contributed by atoms with E-state index in [1.54, 1.807) is 0 Å². The Hall–Kier alpha value is -2.98. The van der Waals surface area contributed by atoms with E-state index in [4.69, 9.17) is 14.2 Å². The van der Waals surface area contributed by atoms with Gasteiger partial charge in [0.15, 0.2) is 11.5 Å². The van der Waals surface area contributed by atoms with Gasteiger partial charge in [-0.05, 0) is 66.3 Å². The zero-order valence-electron chi connectivity index (χ0n) is 19.2. The smallest absolute Gasteiger partial charge is 0.231 e. The fourth-order valence-electron chi connectivity index (χ4n) is 4.15. The molecule has 0 N–H and O–H groups in total. The van der Waals surface area contributed by atoms with Crippen LogP contribution in [0.25, 0.3) is 0 Å². The van der Waals surface area contributed by atoms with Gasteiger partial charge in [-0.25, -0.2) is 0 Å². The maximum absolute atomic E-state index is 5.72. The number of aryl methyl sites for hydroxylation is 1. The molecule has 0 unspecified atom stereocenters. The number of benzene rings is 3. The molecule has 0 amide bonds. The minimum atomic E-state index is 0.303. The summed E-state index contributed by atoms with van der Waals surface area (Å²) >= 11 is 0. The molecule has 4 nitrogen and oxygen atoms in total. The fraction of sp³-hybridized carbons (Fsp3) is 0.357. The van der Waals surface area contributed by atoms with Crippen LogP contribution in [-0.4, -0.2) is 18.3 Å². The third-order valence-electron chi connectivity index (χ3n) is 5.68. The van der Waals surface area contributed by atoms with Crippen molar-refractivity contribution in [3.05, 3.63) is 89.0 Å². The Labute approximate surface area is 191 Å². The second kappa shape index (κ2) is 11.1. The minimum absolute atomic E-state index is 0.303. The summed E-state index contributed by atoms with van der Waals surface area (Å²) in [5.74, 6) is 2.59. The van der Waals surface area contributed by atoms with E-state index in [0.717, 1.165) is 43.3 Å². The maximum Gasteiger partial charge on any atom is 0.231 e. The topological polar surface area (TPSA) is 30.9 Å². The van der Waals surface area contributed by atoms with E-state index in [-0.39, 0.29) is 0 Å². The lowest BCUT2D eigenvalue weighted by molar-refractivity contribution is 0.174. The van der Waals surface area contributed by atoms with Gasteiger partial charge in [0, 0.05) is 19.6 Å². The lowest BCUT2D eigenvalue weighted by Gasteiger charge is -2.23. The summed E-state index contributed by atoms with van der Waals surface area (Å²) in [4.78, 5) is 2.47. The van der Waals surface area contributed by atoms with Crippen molar-refractivity contribution < 1.29 is 14.2 Å². The van der Waals surface area contributed by atoms with Gasteiger partial charge in [0.25, 0.3) is 0 Å². The van der Waals surface area contributed by atoms with Gasteiger partial charge in [-0.3, -0.25) is 4.90 Å². The Morgan fingerprint density at radius 2 is 1.44 bits per heavy atom. The average Bonchev–Trinajstić information content (AvgIpc) is 3.26. The Morgan fingerprint density at radius 1 is 0.750 bits per heavy atom. The number of ether oxygens (including phenoxy) is 3. The summed E-state index contributed by atoms with van der Waals surface area (Å²) < 4.78 is 16.8. The molecule has 1 heterocycles. The molecule has 4 heteroatoms. The summed E-state index contributed by atoms with van der Waals surface area (Å²) in [6.07, 6.45) is 3.59. The van der Waals surface area contributed by atoms with Crippen LogP contribution < -0.4 is 14.2 Å². The summed E-state index contributed by atoms with van der Waals surface area (Å²) in [6, 6.07) is 23.7. The SMILES string of the molecule is CCCCc1cccc(CN(Cc2cccc(OCC)c2)Cc2ccc3c(c2)OCO3)c1. The van der Waals surface area contributed by atoms with Crippen LogP contribution in [0.2, 0.25) is 0 Å². The van der Waals surface area contributed by atoms with Crippen molar-refractivity contribution in [3.63, 3.8) is 0 Å². The molecular formula is C28H33NO3. The third-order valence-corrected chi connectivity index (χ3v) is 5.68. The summed E-state index contributed by atoms with van der Waals surface area (Å²) in [5, 5.41) is 0. The predicted molar refractivity (Wildman–Crippen MR) is 128 cm³/mol. The van der Waals surface area contributed by atoms with E-state index in [1.807, 2.05) is 19.1 Å². The minimum Gasteiger partial charge on any atom is -0.494 e. The van der Waals surface area contributed by atoms with Gasteiger partial charge in [0.05, 0.1) is 6.61 Å². The van der Waals surface area contributed by atoms with E-state index in [0.29, 0.717) is 13.4 Å². The Morgan fingerprint density at radius 3 is 2.22 bits per heavy atom. The molecule has 0 fully saturated rings. The van der Waals surface area contributed by atoms with Crippen molar-refractivity contribution >= 4 is 0 Å². The number of fused-ring (bicyclic) bond motifs is 1. The highest BCUT2D eigenvalue weighted by Crippen LogP contribution is 2.33. The highest BCUT2D eigenvalue weighted by atomic mass is 16.7. The predicted octanol–water partition coefficient (Wildman–Crippen LogP) is 6.36. The van der Waals surface area contributed by atoms with Crippen LogP contribution in [0.3, 0.4) is 0 Å². The van der Waals surface area contributed by atoms with Crippen molar-refractivity contribution in [1.82, 2.24) is 4.90 Å². The van der Waals surface area contributed by atoms with Gasteiger partial charge >= 0.3 is 0 Å². The van der Waals surface area contributed by atoms with Gasteiger partial charge in [-0.15, -0.1) is 0 Å². The van der Waals surface area contributed by atoms with Crippen LogP contribution in [0.15, 0.2) is 66.7 Å². The van der Waals surface area contributed by atoms with Crippen LogP contribution in [-0.2, 0) is 26.1 Å². The van der Waals surface area contributed by atoms with E-state index in [2.05, 4.69) is 66.4 Å². The number of rotatable bonds is 11. The van der Waals surface area contributed by atoms with Crippen molar-refractivity contribution in [3.8, 4) is 17.2 Å². The van der Waals surface area contributed by atoms with Crippen LogP contribution in [0.1, 0.15) is 48.9 Å². The molecule has 0 aromatic heterocycles. The van der Waals surface area contributed by atoms with Gasteiger partial charge in [0.1, 0.15) is 5.75 Å². The highest BCUT2D eigenvalue weighted by molar-refractivity contribution is 5.44. The highest BCUT2D eigenvalue weighted by Gasteiger charge is 2.15. The summed E-state index contributed by atoms with van der Waals surface area (Å²) in [5.41, 5.74) is 5.24. The number of nitrogens with zero attached hydrogens (tertiary/aromatic N) is 1. The zero-order chi connectivity index (χ0) is 22.2. The molecule has 0 spiro atoms. The molecule has 0 atom stereocenters. The van der Waals surface area contributed by atoms with Crippen LogP contribution in [0.4, 0.5) is 0 Å². The first-order valence-electron chi connectivity index (χ1n) is 11.6. The first-order valence-corrected chi connectivity index (χ1v) is 11.6. The zero-order valence-corrected chi connectivity index (χ0v) is 19.2. The summed E-state index contributed by atoms with van der Waals surface area (Å²) in [7, 11) is 0. The lowest BCUT2D eigenvalue weighted by Crippen LogP contribution is -2.22. The normalized spacial score (nSPS) is 12.3. The van der Waals surface area contributed by atoms with E-state index < -0.39 is 0 Å². The van der Waals surface area contributed by atoms with Gasteiger partial charge in [-0.2, -0.15) is 0 Å². The van der Waals surface area contributed by atoms with Crippen LogP contribution in [0.5, 0.6) is 17.2 Å². The van der Waals surface area contributed by atoms with Gasteiger partial charge < -0.3 is 14.2 Å². The van der Waals surface area contributed by atoms with Crippen molar-refractivity contribution in [2.75, 3.05) is 13.4 Å². The van der Waals surface area contributed by atoms with Crippen molar-refractivity contribution in [2.24, 2.45) is 0 Å². The lowest BCUT2D eigenvalue weighted by atomic mass is 10.0. The molecular weight excluding hydrogens is 398 g/mol. The monoisotopic (exact) mass is 431 g/mol. The summed E-state index contributed by atoms with van der Waals surface area (Å²) in [6.45, 7) is 7.79. The van der Waals surface area contributed by atoms with E-state index in [9.17, 15) is 0 Å². The first-order chi connectivity index (χ1) is 15.7. The van der Waals surface area contributed by atoms with E-state index in [1.165, 1.54) is 35.1 Å². The molecule has 168 valence electrons. The van der Waals surface area contributed by atoms with E-state index >= 15 is 0 Å². The second-order valence-electron chi connectivity index (χ2n) is 8.34. The number of unbranched alkanes of at least 4 members (excludes halogenated alkanes) is 1. The average molecular weight is 432 g/mol. The largest absolute Gasteiger partial charge is 0.494 e. The quantitative estimate of drug-likeness (QED) is 0.353. The molecule has 4 rings (SSSR count). The Balaban J connectivity index is 1.54. The fourth-order valence-corrected chi connectivity index (χ4v) is 4.15. The molecule has 3 aromatic rings. The molecule has 0 radical (unpaired) electrons. The molecule has 3 aromatic carbocycles. The molecule has 1 aliphatic heterocycles. The van der Waals surface area contributed by atoms with Gasteiger partial charge in [0.2, 0.25) is 6.79 Å². The van der Waals surface area contributed by atoms with Crippen LogP contribution >= 0.6 is 0 Å². The molecule has 1 aliphatic rings. The molecule has 0 saturated carbocycles. The Bertz CT molecular complexity index is 1020. The molecule has 32 heavy (non-hydrogen) atoms. The Kier molecular flexibility index (Phi) is 7.68. The molecule has 0 saturated heterocycles. The van der Waals surface area contributed by atoms with Gasteiger partial charge in [-0.1, -0.05) is 55.8 Å². The van der Waals surface area contributed by atoms with Crippen molar-refractivity contribution in [1.29, 1.82) is 0 Å². The van der Waals surface area contributed by atoms with Crippen molar-refractivity contribution in [2.45, 2.75) is 52.7 Å². The molecule has 0 bridgehead atoms. The first kappa shape index (κ1) is 22.2. The van der Waals surface area contributed by atoms with Crippen LogP contribution in [0, 0.1) is 0 Å². The maximum atomic E-state index is 5.72. The second-order valence-corrected chi connectivity index (χ2v) is 8.34. The molecule has 0 aliphatic carbocycles. The number of hydrogen-bond donors (Lipinski definition) is 0. The number of hydrogen-bond acceptors (Lipinski definition) is 4.